The molecule has 0 saturated carbocycles. The van der Waals surface area contributed by atoms with Gasteiger partial charge in [0.1, 0.15) is 11.5 Å². The van der Waals surface area contributed by atoms with Gasteiger partial charge in [-0.3, -0.25) is 4.79 Å². The van der Waals surface area contributed by atoms with Crippen LogP contribution in [0.5, 0.6) is 0 Å². The van der Waals surface area contributed by atoms with Gasteiger partial charge < -0.3 is 9.73 Å². The number of rotatable bonds is 4. The quantitative estimate of drug-likeness (QED) is 0.908. The van der Waals surface area contributed by atoms with Crippen LogP contribution in [0.15, 0.2) is 40.8 Å². The van der Waals surface area contributed by atoms with E-state index in [9.17, 15) is 4.79 Å². The molecule has 0 aliphatic carbocycles. The monoisotopic (exact) mass is 257 g/mol. The lowest BCUT2D eigenvalue weighted by Crippen LogP contribution is -2.26. The summed E-state index contributed by atoms with van der Waals surface area (Å²) in [5.74, 6) is 1.55. The van der Waals surface area contributed by atoms with Crippen molar-refractivity contribution in [3.8, 4) is 0 Å². The van der Waals surface area contributed by atoms with E-state index in [0.29, 0.717) is 5.56 Å². The first kappa shape index (κ1) is 13.4. The summed E-state index contributed by atoms with van der Waals surface area (Å²) in [6.07, 6.45) is 0.976. The number of hydrogen-bond donors (Lipinski definition) is 1. The lowest BCUT2D eigenvalue weighted by atomic mass is 10.1. The third-order valence-corrected chi connectivity index (χ3v) is 3.16. The summed E-state index contributed by atoms with van der Waals surface area (Å²) in [6, 6.07) is 11.3. The Morgan fingerprint density at radius 3 is 2.42 bits per heavy atom. The number of hydrogen-bond acceptors (Lipinski definition) is 2. The van der Waals surface area contributed by atoms with Crippen molar-refractivity contribution in [2.75, 3.05) is 0 Å². The molecule has 3 nitrogen and oxygen atoms in total. The summed E-state index contributed by atoms with van der Waals surface area (Å²) >= 11 is 0. The molecule has 2 rings (SSSR count). The van der Waals surface area contributed by atoms with Crippen molar-refractivity contribution in [3.63, 3.8) is 0 Å². The van der Waals surface area contributed by atoms with Crippen LogP contribution in [0.2, 0.25) is 0 Å². The van der Waals surface area contributed by atoms with Crippen LogP contribution in [0.25, 0.3) is 0 Å². The molecule has 3 heteroatoms. The molecule has 1 heterocycles. The number of amides is 1. The fraction of sp³-hybridized carbons (Fsp3) is 0.312. The van der Waals surface area contributed by atoms with E-state index >= 15 is 0 Å². The number of carbonyl (C=O) groups is 1. The smallest absolute Gasteiger partial charge is 0.251 e. The van der Waals surface area contributed by atoms with Crippen molar-refractivity contribution < 1.29 is 9.21 Å². The van der Waals surface area contributed by atoms with Crippen molar-refractivity contribution in [2.45, 2.75) is 33.2 Å². The molecule has 1 aromatic carbocycles. The van der Waals surface area contributed by atoms with Gasteiger partial charge in [-0.2, -0.15) is 0 Å². The van der Waals surface area contributed by atoms with Crippen molar-refractivity contribution >= 4 is 5.91 Å². The Hall–Kier alpha value is -2.03. The standard InChI is InChI=1S/C16H19NO2/c1-4-13-6-8-14(9-7-13)16(18)17-12(3)15-10-5-11(2)19-15/h5-10,12H,4H2,1-3H3,(H,17,18). The molecule has 0 spiro atoms. The summed E-state index contributed by atoms with van der Waals surface area (Å²) in [5.41, 5.74) is 1.90. The third kappa shape index (κ3) is 3.25. The Morgan fingerprint density at radius 2 is 1.89 bits per heavy atom. The van der Waals surface area contributed by atoms with E-state index in [1.807, 2.05) is 50.2 Å². The second kappa shape index (κ2) is 5.74. The minimum atomic E-state index is -0.132. The van der Waals surface area contributed by atoms with Gasteiger partial charge in [-0.05, 0) is 50.1 Å². The molecule has 2 aromatic rings. The van der Waals surface area contributed by atoms with Gasteiger partial charge >= 0.3 is 0 Å². The maximum Gasteiger partial charge on any atom is 0.251 e. The summed E-state index contributed by atoms with van der Waals surface area (Å²) in [4.78, 5) is 12.1. The molecule has 1 aromatic heterocycles. The van der Waals surface area contributed by atoms with Crippen molar-refractivity contribution in [2.24, 2.45) is 0 Å². The normalized spacial score (nSPS) is 12.2. The average molecular weight is 257 g/mol. The Morgan fingerprint density at radius 1 is 1.21 bits per heavy atom. The van der Waals surface area contributed by atoms with E-state index < -0.39 is 0 Å². The van der Waals surface area contributed by atoms with Crippen molar-refractivity contribution in [1.82, 2.24) is 5.32 Å². The van der Waals surface area contributed by atoms with E-state index in [0.717, 1.165) is 17.9 Å². The minimum absolute atomic E-state index is 0.0794. The molecule has 0 bridgehead atoms. The van der Waals surface area contributed by atoms with E-state index in [-0.39, 0.29) is 11.9 Å². The van der Waals surface area contributed by atoms with Gasteiger partial charge in [-0.25, -0.2) is 0 Å². The van der Waals surface area contributed by atoms with Gasteiger partial charge in [0, 0.05) is 5.56 Å². The van der Waals surface area contributed by atoms with Gasteiger partial charge in [-0.1, -0.05) is 19.1 Å². The molecule has 0 saturated heterocycles. The number of benzene rings is 1. The topological polar surface area (TPSA) is 42.2 Å². The van der Waals surface area contributed by atoms with Crippen LogP contribution < -0.4 is 5.32 Å². The van der Waals surface area contributed by atoms with Crippen LogP contribution in [-0.4, -0.2) is 5.91 Å². The summed E-state index contributed by atoms with van der Waals surface area (Å²) in [6.45, 7) is 5.90. The zero-order chi connectivity index (χ0) is 13.8. The van der Waals surface area contributed by atoms with Gasteiger partial charge in [0.15, 0.2) is 0 Å². The zero-order valence-electron chi connectivity index (χ0n) is 11.6. The Bertz CT molecular complexity index is 554. The fourth-order valence-corrected chi connectivity index (χ4v) is 1.93. The predicted octanol–water partition coefficient (Wildman–Crippen LogP) is 3.64. The highest BCUT2D eigenvalue weighted by atomic mass is 16.3. The first-order valence-corrected chi connectivity index (χ1v) is 6.56. The molecular formula is C16H19NO2. The number of carbonyl (C=O) groups excluding carboxylic acids is 1. The van der Waals surface area contributed by atoms with Gasteiger partial charge in [-0.15, -0.1) is 0 Å². The van der Waals surface area contributed by atoms with Crippen LogP contribution in [0.3, 0.4) is 0 Å². The van der Waals surface area contributed by atoms with Gasteiger partial charge in [0.05, 0.1) is 6.04 Å². The molecular weight excluding hydrogens is 238 g/mol. The van der Waals surface area contributed by atoms with Crippen LogP contribution in [0.1, 0.15) is 47.3 Å². The number of furan rings is 1. The fourth-order valence-electron chi connectivity index (χ4n) is 1.93. The highest BCUT2D eigenvalue weighted by Gasteiger charge is 2.13. The van der Waals surface area contributed by atoms with Crippen molar-refractivity contribution in [3.05, 3.63) is 59.0 Å². The highest BCUT2D eigenvalue weighted by molar-refractivity contribution is 5.94. The summed E-state index contributed by atoms with van der Waals surface area (Å²) in [7, 11) is 0. The van der Waals surface area contributed by atoms with E-state index in [4.69, 9.17) is 4.42 Å². The zero-order valence-corrected chi connectivity index (χ0v) is 11.6. The highest BCUT2D eigenvalue weighted by Crippen LogP contribution is 2.16. The SMILES string of the molecule is CCc1ccc(C(=O)NC(C)c2ccc(C)o2)cc1. The van der Waals surface area contributed by atoms with Crippen LogP contribution >= 0.6 is 0 Å². The van der Waals surface area contributed by atoms with Crippen LogP contribution in [-0.2, 0) is 6.42 Å². The first-order valence-electron chi connectivity index (χ1n) is 6.56. The molecule has 0 aliphatic rings. The summed E-state index contributed by atoms with van der Waals surface area (Å²) < 4.78 is 5.50. The molecule has 1 atom stereocenters. The van der Waals surface area contributed by atoms with Gasteiger partial charge in [0.2, 0.25) is 0 Å². The third-order valence-electron chi connectivity index (χ3n) is 3.16. The van der Waals surface area contributed by atoms with E-state index in [2.05, 4.69) is 12.2 Å². The molecule has 1 N–H and O–H groups in total. The summed E-state index contributed by atoms with van der Waals surface area (Å²) in [5, 5.41) is 2.93. The molecule has 0 radical (unpaired) electrons. The predicted molar refractivity (Wildman–Crippen MR) is 75.1 cm³/mol. The second-order valence-electron chi connectivity index (χ2n) is 4.69. The number of aryl methyl sites for hydroxylation is 2. The Labute approximate surface area is 113 Å². The van der Waals surface area contributed by atoms with E-state index in [1.165, 1.54) is 5.56 Å². The molecule has 100 valence electrons. The molecule has 19 heavy (non-hydrogen) atoms. The van der Waals surface area contributed by atoms with Crippen LogP contribution in [0.4, 0.5) is 0 Å². The van der Waals surface area contributed by atoms with Crippen LogP contribution in [0, 0.1) is 6.92 Å². The number of nitrogens with one attached hydrogen (secondary N) is 1. The molecule has 1 unspecified atom stereocenters. The molecule has 0 fully saturated rings. The first-order chi connectivity index (χ1) is 9.10. The molecule has 1 amide bonds. The lowest BCUT2D eigenvalue weighted by Gasteiger charge is -2.11. The molecule has 0 aliphatic heterocycles. The maximum atomic E-state index is 12.1. The maximum absolute atomic E-state index is 12.1. The van der Waals surface area contributed by atoms with E-state index in [1.54, 1.807) is 0 Å². The second-order valence-corrected chi connectivity index (χ2v) is 4.69. The van der Waals surface area contributed by atoms with Crippen molar-refractivity contribution in [1.29, 1.82) is 0 Å². The van der Waals surface area contributed by atoms with Gasteiger partial charge in [0.25, 0.3) is 5.91 Å². The largest absolute Gasteiger partial charge is 0.464 e. The minimum Gasteiger partial charge on any atom is -0.464 e. The lowest BCUT2D eigenvalue weighted by molar-refractivity contribution is 0.0935. The Kier molecular flexibility index (Phi) is 4.05. The Balaban J connectivity index is 2.03. The average Bonchev–Trinajstić information content (AvgIpc) is 2.85.